The average Bonchev–Trinajstić information content (AvgIpc) is 3.03. The highest BCUT2D eigenvalue weighted by Crippen LogP contribution is 2.42. The quantitative estimate of drug-likeness (QED) is 0.170. The summed E-state index contributed by atoms with van der Waals surface area (Å²) >= 11 is 1.56. The van der Waals surface area contributed by atoms with Gasteiger partial charge < -0.3 is 25.2 Å². The summed E-state index contributed by atoms with van der Waals surface area (Å²) in [7, 11) is 0. The normalized spacial score (nSPS) is 20.3. The van der Waals surface area contributed by atoms with Gasteiger partial charge in [0.05, 0.1) is 18.8 Å². The lowest BCUT2D eigenvalue weighted by molar-refractivity contribution is -0.268. The number of ether oxygens (including phenoxy) is 2. The second-order valence-corrected chi connectivity index (χ2v) is 10.9. The molecule has 0 bridgehead atoms. The Morgan fingerprint density at radius 1 is 0.805 bits per heavy atom. The Labute approximate surface area is 244 Å². The number of hydrogen-bond acceptors (Lipinski definition) is 7. The van der Waals surface area contributed by atoms with E-state index in [9.17, 15) is 9.90 Å². The fourth-order valence-corrected chi connectivity index (χ4v) is 5.61. The van der Waals surface area contributed by atoms with Gasteiger partial charge in [0.1, 0.15) is 0 Å². The van der Waals surface area contributed by atoms with Crippen LogP contribution in [0.1, 0.15) is 47.1 Å². The van der Waals surface area contributed by atoms with Gasteiger partial charge in [0.15, 0.2) is 11.4 Å². The van der Waals surface area contributed by atoms with Crippen LogP contribution in [-0.4, -0.2) is 33.0 Å². The number of carbonyl (C=O) groups is 1. The highest BCUT2D eigenvalue weighted by molar-refractivity contribution is 7.99. The third-order valence-electron chi connectivity index (χ3n) is 7.04. The van der Waals surface area contributed by atoms with Crippen LogP contribution in [0.4, 0.5) is 4.79 Å². The summed E-state index contributed by atoms with van der Waals surface area (Å²) in [5, 5.41) is 16.0. The first-order valence-corrected chi connectivity index (χ1v) is 14.6. The first-order chi connectivity index (χ1) is 20.1. The first-order valence-electron chi connectivity index (χ1n) is 13.6. The van der Waals surface area contributed by atoms with Crippen molar-refractivity contribution in [3.8, 4) is 0 Å². The lowest BCUT2D eigenvalue weighted by atomic mass is 9.91. The van der Waals surface area contributed by atoms with Crippen LogP contribution < -0.4 is 10.6 Å². The van der Waals surface area contributed by atoms with E-state index in [1.165, 1.54) is 0 Å². The summed E-state index contributed by atoms with van der Waals surface area (Å²) in [5.74, 6) is 0.747. The second kappa shape index (κ2) is 14.2. The summed E-state index contributed by atoms with van der Waals surface area (Å²) in [5.41, 5.74) is 4.81. The molecule has 4 atom stereocenters. The minimum Gasteiger partial charge on any atom is -0.392 e. The van der Waals surface area contributed by atoms with Crippen molar-refractivity contribution >= 4 is 17.8 Å². The van der Waals surface area contributed by atoms with Gasteiger partial charge in [-0.15, -0.1) is 0 Å². The van der Waals surface area contributed by atoms with E-state index in [1.807, 2.05) is 78.9 Å². The molecule has 5 rings (SSSR count). The second-order valence-electron chi connectivity index (χ2n) is 9.93. The van der Waals surface area contributed by atoms with E-state index in [4.69, 9.17) is 9.47 Å². The number of amides is 2. The number of thioether (sulfide) groups is 1. The molecule has 8 nitrogen and oxygen atoms in total. The van der Waals surface area contributed by atoms with Gasteiger partial charge in [0.25, 0.3) is 0 Å². The molecule has 0 aliphatic carbocycles. The molecule has 1 aliphatic rings. The van der Waals surface area contributed by atoms with Crippen molar-refractivity contribution in [2.24, 2.45) is 5.92 Å². The molecule has 212 valence electrons. The molecule has 1 aliphatic heterocycles. The minimum atomic E-state index is -0.563. The fraction of sp³-hybridized carbons (Fsp3) is 0.281. The summed E-state index contributed by atoms with van der Waals surface area (Å²) < 4.78 is 13.0. The van der Waals surface area contributed by atoms with Crippen molar-refractivity contribution < 1.29 is 19.4 Å². The Morgan fingerprint density at radius 2 is 1.41 bits per heavy atom. The lowest BCUT2D eigenvalue weighted by Crippen LogP contribution is -2.38. The third kappa shape index (κ3) is 7.92. The van der Waals surface area contributed by atoms with E-state index in [1.54, 1.807) is 30.2 Å². The minimum absolute atomic E-state index is 0.000669. The largest absolute Gasteiger partial charge is 0.392 e. The monoisotopic (exact) mass is 570 g/mol. The number of nitrogens with zero attached hydrogens (tertiary/aromatic N) is 2. The smallest absolute Gasteiger partial charge is 0.315 e. The SMILES string of the molecule is CC1C(CSc2ncccn2)OC(c2ccc(CNC(=O)NCc3ccccc3)cc2)OC1c1ccc(CO)cc1. The van der Waals surface area contributed by atoms with Crippen molar-refractivity contribution in [3.05, 3.63) is 125 Å². The topological polar surface area (TPSA) is 106 Å². The zero-order chi connectivity index (χ0) is 28.4. The van der Waals surface area contributed by atoms with Crippen LogP contribution in [0.5, 0.6) is 0 Å². The van der Waals surface area contributed by atoms with Crippen molar-refractivity contribution in [2.75, 3.05) is 5.75 Å². The Morgan fingerprint density at radius 3 is 2.07 bits per heavy atom. The first kappa shape index (κ1) is 28.8. The van der Waals surface area contributed by atoms with Gasteiger partial charge in [-0.1, -0.05) is 97.5 Å². The van der Waals surface area contributed by atoms with Gasteiger partial charge in [-0.3, -0.25) is 0 Å². The van der Waals surface area contributed by atoms with Crippen LogP contribution in [0.2, 0.25) is 0 Å². The number of rotatable bonds is 10. The maximum absolute atomic E-state index is 12.3. The summed E-state index contributed by atoms with van der Waals surface area (Å²) in [4.78, 5) is 20.9. The highest BCUT2D eigenvalue weighted by Gasteiger charge is 2.38. The molecule has 1 fully saturated rings. The van der Waals surface area contributed by atoms with Gasteiger partial charge in [0, 0.05) is 42.7 Å². The van der Waals surface area contributed by atoms with Crippen molar-refractivity contribution in [1.29, 1.82) is 0 Å². The predicted molar refractivity (Wildman–Crippen MR) is 158 cm³/mol. The number of urea groups is 1. The Kier molecular flexibility index (Phi) is 9.98. The highest BCUT2D eigenvalue weighted by atomic mass is 32.2. The number of hydrogen-bond donors (Lipinski definition) is 3. The third-order valence-corrected chi connectivity index (χ3v) is 8.01. The molecule has 2 amide bonds. The van der Waals surface area contributed by atoms with Crippen LogP contribution in [0, 0.1) is 5.92 Å². The molecule has 2 heterocycles. The fourth-order valence-electron chi connectivity index (χ4n) is 4.64. The van der Waals surface area contributed by atoms with Gasteiger partial charge in [-0.2, -0.15) is 0 Å². The van der Waals surface area contributed by atoms with Crippen molar-refractivity contribution in [2.45, 2.75) is 50.3 Å². The maximum atomic E-state index is 12.3. The molecule has 0 saturated carbocycles. The zero-order valence-electron chi connectivity index (χ0n) is 22.9. The number of carbonyl (C=O) groups excluding carboxylic acids is 1. The van der Waals surface area contributed by atoms with Crippen LogP contribution in [0.15, 0.2) is 102 Å². The van der Waals surface area contributed by atoms with Gasteiger partial charge >= 0.3 is 6.03 Å². The standard InChI is InChI=1S/C32H34N4O4S/c1-22-28(21-41-32-33-16-5-17-34-32)39-30(40-29(22)26-12-10-25(20-37)11-13-26)27-14-8-24(9-15-27)19-36-31(38)35-18-23-6-3-2-4-7-23/h2-17,22,28-30,37H,18-21H2,1H3,(H2,35,36,38). The molecule has 9 heteroatoms. The van der Waals surface area contributed by atoms with Crippen LogP contribution in [0.25, 0.3) is 0 Å². The number of aliphatic hydroxyl groups excluding tert-OH is 1. The summed E-state index contributed by atoms with van der Waals surface area (Å²) in [6.45, 7) is 3.01. The van der Waals surface area contributed by atoms with E-state index in [0.717, 1.165) is 27.8 Å². The molecule has 41 heavy (non-hydrogen) atoms. The van der Waals surface area contributed by atoms with E-state index < -0.39 is 6.29 Å². The average molecular weight is 571 g/mol. The molecule has 3 N–H and O–H groups in total. The number of aromatic nitrogens is 2. The van der Waals surface area contributed by atoms with E-state index >= 15 is 0 Å². The van der Waals surface area contributed by atoms with Crippen LogP contribution in [-0.2, 0) is 29.2 Å². The van der Waals surface area contributed by atoms with Gasteiger partial charge in [-0.05, 0) is 28.3 Å². The molecular weight excluding hydrogens is 536 g/mol. The van der Waals surface area contributed by atoms with Gasteiger partial charge in [0.2, 0.25) is 0 Å². The van der Waals surface area contributed by atoms with Crippen molar-refractivity contribution in [1.82, 2.24) is 20.6 Å². The molecule has 1 aromatic heterocycles. The lowest BCUT2D eigenvalue weighted by Gasteiger charge is -2.41. The van der Waals surface area contributed by atoms with Crippen LogP contribution >= 0.6 is 11.8 Å². The van der Waals surface area contributed by atoms with Gasteiger partial charge in [-0.25, -0.2) is 14.8 Å². The molecule has 0 radical (unpaired) electrons. The number of aliphatic hydroxyl groups is 1. The summed E-state index contributed by atoms with van der Waals surface area (Å²) in [6, 6.07) is 27.2. The number of benzene rings is 3. The summed E-state index contributed by atoms with van der Waals surface area (Å²) in [6.07, 6.45) is 2.60. The molecular formula is C32H34N4O4S. The molecule has 0 spiro atoms. The molecule has 3 aromatic carbocycles. The number of nitrogens with one attached hydrogen (secondary N) is 2. The van der Waals surface area contributed by atoms with Crippen molar-refractivity contribution in [3.63, 3.8) is 0 Å². The Hall–Kier alpha value is -3.76. The van der Waals surface area contributed by atoms with E-state index in [-0.39, 0.29) is 30.8 Å². The predicted octanol–water partition coefficient (Wildman–Crippen LogP) is 5.55. The molecule has 4 aromatic rings. The maximum Gasteiger partial charge on any atom is 0.315 e. The zero-order valence-corrected chi connectivity index (χ0v) is 23.7. The molecule has 1 saturated heterocycles. The van der Waals surface area contributed by atoms with Crippen LogP contribution in [0.3, 0.4) is 0 Å². The van der Waals surface area contributed by atoms with E-state index in [2.05, 4.69) is 27.5 Å². The Balaban J connectivity index is 1.24. The Bertz CT molecular complexity index is 1370. The van der Waals surface area contributed by atoms with E-state index in [0.29, 0.717) is 24.0 Å². The molecule has 4 unspecified atom stereocenters.